The number of aromatic amines is 1. The molecular formula is C23H27N5O2. The molecule has 0 spiro atoms. The predicted molar refractivity (Wildman–Crippen MR) is 120 cm³/mol. The quantitative estimate of drug-likeness (QED) is 0.682. The summed E-state index contributed by atoms with van der Waals surface area (Å²) in [7, 11) is 0. The molecule has 0 atom stereocenters. The number of hydrogen-bond donors (Lipinski definition) is 2. The molecule has 30 heavy (non-hydrogen) atoms. The number of benzene rings is 2. The first-order valence-electron chi connectivity index (χ1n) is 10.4. The van der Waals surface area contributed by atoms with Crippen LogP contribution in [0.25, 0.3) is 10.8 Å². The molecular weight excluding hydrogens is 378 g/mol. The Labute approximate surface area is 175 Å². The van der Waals surface area contributed by atoms with Gasteiger partial charge in [-0.1, -0.05) is 25.1 Å². The van der Waals surface area contributed by atoms with Gasteiger partial charge in [0.1, 0.15) is 0 Å². The maximum atomic E-state index is 12.6. The molecule has 2 heterocycles. The number of aromatic nitrogens is 2. The molecule has 0 bridgehead atoms. The Morgan fingerprint density at radius 1 is 1.10 bits per heavy atom. The van der Waals surface area contributed by atoms with Crippen LogP contribution in [0.15, 0.2) is 47.3 Å². The van der Waals surface area contributed by atoms with Crippen LogP contribution in [0.1, 0.15) is 18.2 Å². The second kappa shape index (κ2) is 8.67. The van der Waals surface area contributed by atoms with Crippen molar-refractivity contribution in [3.63, 3.8) is 0 Å². The summed E-state index contributed by atoms with van der Waals surface area (Å²) in [5.41, 5.74) is 3.44. The van der Waals surface area contributed by atoms with E-state index in [9.17, 15) is 9.59 Å². The predicted octanol–water partition coefficient (Wildman–Crippen LogP) is 2.55. The molecule has 3 aromatic rings. The molecule has 0 saturated carbocycles. The molecule has 0 aliphatic carbocycles. The van der Waals surface area contributed by atoms with Crippen molar-refractivity contribution in [1.82, 2.24) is 15.1 Å². The number of anilines is 2. The van der Waals surface area contributed by atoms with E-state index in [4.69, 9.17) is 0 Å². The standard InChI is InChI=1S/C23H27N5O2/c1-3-27-10-12-28(13-11-27)21-9-8-17(14-16(21)2)24-22(29)15-20-18-6-4-5-7-19(18)23(30)26-25-20/h4-9,14H,3,10-13,15H2,1-2H3,(H,24,29)(H,26,30). The van der Waals surface area contributed by atoms with Gasteiger partial charge in [-0.2, -0.15) is 5.10 Å². The summed E-state index contributed by atoms with van der Waals surface area (Å²) in [6.45, 7) is 9.56. The Hall–Kier alpha value is -3.19. The zero-order valence-electron chi connectivity index (χ0n) is 17.4. The lowest BCUT2D eigenvalue weighted by atomic mass is 10.1. The largest absolute Gasteiger partial charge is 0.369 e. The normalized spacial score (nSPS) is 14.8. The Bertz CT molecular complexity index is 1120. The number of rotatable bonds is 5. The van der Waals surface area contributed by atoms with Crippen LogP contribution in [0.5, 0.6) is 0 Å². The number of aryl methyl sites for hydroxylation is 1. The van der Waals surface area contributed by atoms with Crippen LogP contribution in [-0.4, -0.2) is 53.7 Å². The fourth-order valence-electron chi connectivity index (χ4n) is 4.06. The molecule has 2 aromatic carbocycles. The van der Waals surface area contributed by atoms with E-state index in [0.717, 1.165) is 44.0 Å². The molecule has 0 radical (unpaired) electrons. The fourth-order valence-corrected chi connectivity index (χ4v) is 4.06. The Morgan fingerprint density at radius 2 is 1.83 bits per heavy atom. The summed E-state index contributed by atoms with van der Waals surface area (Å²) >= 11 is 0. The smallest absolute Gasteiger partial charge is 0.272 e. The van der Waals surface area contributed by atoms with E-state index in [1.807, 2.05) is 24.3 Å². The number of amides is 1. The second-order valence-corrected chi connectivity index (χ2v) is 7.69. The van der Waals surface area contributed by atoms with Crippen molar-refractivity contribution in [2.75, 3.05) is 42.9 Å². The number of likely N-dealkylation sites (N-methyl/N-ethyl adjacent to an activating group) is 1. The van der Waals surface area contributed by atoms with E-state index in [-0.39, 0.29) is 17.9 Å². The van der Waals surface area contributed by atoms with Crippen LogP contribution in [0, 0.1) is 6.92 Å². The monoisotopic (exact) mass is 405 g/mol. The van der Waals surface area contributed by atoms with E-state index in [1.165, 1.54) is 5.69 Å². The van der Waals surface area contributed by atoms with Crippen molar-refractivity contribution < 1.29 is 4.79 Å². The van der Waals surface area contributed by atoms with E-state index in [2.05, 4.69) is 45.2 Å². The van der Waals surface area contributed by atoms with E-state index in [0.29, 0.717) is 16.5 Å². The van der Waals surface area contributed by atoms with Crippen LogP contribution in [-0.2, 0) is 11.2 Å². The molecule has 1 saturated heterocycles. The number of nitrogens with zero attached hydrogens (tertiary/aromatic N) is 3. The van der Waals surface area contributed by atoms with Crippen molar-refractivity contribution in [3.8, 4) is 0 Å². The molecule has 1 aromatic heterocycles. The summed E-state index contributed by atoms with van der Waals surface area (Å²) in [6, 6.07) is 13.2. The molecule has 0 unspecified atom stereocenters. The van der Waals surface area contributed by atoms with Crippen LogP contribution < -0.4 is 15.8 Å². The first-order valence-corrected chi connectivity index (χ1v) is 10.4. The number of fused-ring (bicyclic) bond motifs is 1. The maximum absolute atomic E-state index is 12.6. The number of hydrogen-bond acceptors (Lipinski definition) is 5. The molecule has 1 aliphatic heterocycles. The molecule has 1 fully saturated rings. The van der Waals surface area contributed by atoms with Crippen molar-refractivity contribution in [1.29, 1.82) is 0 Å². The minimum atomic E-state index is -0.249. The van der Waals surface area contributed by atoms with Gasteiger partial charge in [0.2, 0.25) is 5.91 Å². The minimum Gasteiger partial charge on any atom is -0.369 e. The lowest BCUT2D eigenvalue weighted by Crippen LogP contribution is -2.46. The minimum absolute atomic E-state index is 0.0943. The highest BCUT2D eigenvalue weighted by atomic mass is 16.1. The number of carbonyl (C=O) groups is 1. The SMILES string of the molecule is CCN1CCN(c2ccc(NC(=O)Cc3n[nH]c(=O)c4ccccc34)cc2C)CC1. The summed E-state index contributed by atoms with van der Waals surface area (Å²) in [5.74, 6) is -0.164. The average Bonchev–Trinajstić information content (AvgIpc) is 2.76. The summed E-state index contributed by atoms with van der Waals surface area (Å²) in [6.07, 6.45) is 0.0943. The van der Waals surface area contributed by atoms with Gasteiger partial charge in [0.05, 0.1) is 17.5 Å². The highest BCUT2D eigenvalue weighted by Crippen LogP contribution is 2.25. The number of carbonyl (C=O) groups excluding carboxylic acids is 1. The van der Waals surface area contributed by atoms with Crippen LogP contribution in [0.4, 0.5) is 11.4 Å². The third-order valence-corrected chi connectivity index (χ3v) is 5.74. The van der Waals surface area contributed by atoms with Gasteiger partial charge in [-0.15, -0.1) is 0 Å². The maximum Gasteiger partial charge on any atom is 0.272 e. The van der Waals surface area contributed by atoms with Gasteiger partial charge < -0.3 is 15.1 Å². The van der Waals surface area contributed by atoms with Gasteiger partial charge in [0.25, 0.3) is 5.56 Å². The third kappa shape index (κ3) is 4.21. The number of H-pyrrole nitrogens is 1. The van der Waals surface area contributed by atoms with Gasteiger partial charge in [0.15, 0.2) is 0 Å². The van der Waals surface area contributed by atoms with Gasteiger partial charge in [0, 0.05) is 42.9 Å². The van der Waals surface area contributed by atoms with E-state index < -0.39 is 0 Å². The van der Waals surface area contributed by atoms with Gasteiger partial charge >= 0.3 is 0 Å². The average molecular weight is 406 g/mol. The first kappa shape index (κ1) is 20.1. The van der Waals surface area contributed by atoms with Crippen molar-refractivity contribution in [3.05, 3.63) is 64.1 Å². The van der Waals surface area contributed by atoms with Crippen LogP contribution in [0.3, 0.4) is 0 Å². The Balaban J connectivity index is 1.45. The molecule has 2 N–H and O–H groups in total. The molecule has 4 rings (SSSR count). The molecule has 7 heteroatoms. The number of nitrogens with one attached hydrogen (secondary N) is 2. The van der Waals surface area contributed by atoms with Crippen LogP contribution in [0.2, 0.25) is 0 Å². The van der Waals surface area contributed by atoms with Gasteiger partial charge in [-0.05, 0) is 43.3 Å². The Kier molecular flexibility index (Phi) is 5.81. The first-order chi connectivity index (χ1) is 14.5. The zero-order valence-corrected chi connectivity index (χ0v) is 17.4. The fraction of sp³-hybridized carbons (Fsp3) is 0.348. The van der Waals surface area contributed by atoms with Gasteiger partial charge in [-0.3, -0.25) is 9.59 Å². The third-order valence-electron chi connectivity index (χ3n) is 5.74. The Morgan fingerprint density at radius 3 is 2.53 bits per heavy atom. The lowest BCUT2D eigenvalue weighted by molar-refractivity contribution is -0.115. The summed E-state index contributed by atoms with van der Waals surface area (Å²) < 4.78 is 0. The molecule has 1 aliphatic rings. The van der Waals surface area contributed by atoms with E-state index in [1.54, 1.807) is 12.1 Å². The van der Waals surface area contributed by atoms with E-state index >= 15 is 0 Å². The van der Waals surface area contributed by atoms with Crippen LogP contribution >= 0.6 is 0 Å². The molecule has 7 nitrogen and oxygen atoms in total. The van der Waals surface area contributed by atoms with Crippen molar-refractivity contribution in [2.24, 2.45) is 0 Å². The van der Waals surface area contributed by atoms with Crippen molar-refractivity contribution >= 4 is 28.1 Å². The molecule has 1 amide bonds. The second-order valence-electron chi connectivity index (χ2n) is 7.69. The van der Waals surface area contributed by atoms with Gasteiger partial charge in [-0.25, -0.2) is 5.10 Å². The molecule has 156 valence electrons. The summed E-state index contributed by atoms with van der Waals surface area (Å²) in [5, 5.41) is 10.8. The topological polar surface area (TPSA) is 81.3 Å². The highest BCUT2D eigenvalue weighted by Gasteiger charge is 2.18. The summed E-state index contributed by atoms with van der Waals surface area (Å²) in [4.78, 5) is 29.4. The highest BCUT2D eigenvalue weighted by molar-refractivity contribution is 5.95. The van der Waals surface area contributed by atoms with Crippen molar-refractivity contribution in [2.45, 2.75) is 20.3 Å². The number of piperazine rings is 1. The lowest BCUT2D eigenvalue weighted by Gasteiger charge is -2.36. The zero-order chi connectivity index (χ0) is 21.1.